The SMILES string of the molecule is c1ccc(-c2cc(-c3ccccc3)c3oc4ccc(-c5nc(-c6ccccc6)nc(-c6cccc7c8ccccc8n(-c8ccccc8)c67)n5)cc4c3c2)cc1. The van der Waals surface area contributed by atoms with Gasteiger partial charge in [0.1, 0.15) is 11.2 Å². The van der Waals surface area contributed by atoms with Crippen molar-refractivity contribution in [1.29, 1.82) is 0 Å². The molecule has 5 nitrogen and oxygen atoms in total. The Hall–Kier alpha value is -7.63. The number of rotatable bonds is 6. The predicted molar refractivity (Wildman–Crippen MR) is 229 cm³/mol. The van der Waals surface area contributed by atoms with Gasteiger partial charge in [0.25, 0.3) is 0 Å². The van der Waals surface area contributed by atoms with E-state index in [4.69, 9.17) is 19.4 Å². The van der Waals surface area contributed by atoms with Crippen LogP contribution in [0.2, 0.25) is 0 Å². The Morgan fingerprint density at radius 1 is 0.357 bits per heavy atom. The smallest absolute Gasteiger partial charge is 0.166 e. The lowest BCUT2D eigenvalue weighted by Crippen LogP contribution is -2.02. The highest BCUT2D eigenvalue weighted by molar-refractivity contribution is 6.14. The Labute approximate surface area is 322 Å². The average molecular weight is 717 g/mol. The average Bonchev–Trinajstić information content (AvgIpc) is 3.83. The molecule has 11 aromatic rings. The van der Waals surface area contributed by atoms with Crippen LogP contribution in [0.1, 0.15) is 0 Å². The molecule has 0 saturated heterocycles. The Kier molecular flexibility index (Phi) is 7.42. The fourth-order valence-electron chi connectivity index (χ4n) is 8.03. The molecule has 0 spiro atoms. The van der Waals surface area contributed by atoms with E-state index >= 15 is 0 Å². The van der Waals surface area contributed by atoms with Gasteiger partial charge in [-0.25, -0.2) is 15.0 Å². The fourth-order valence-corrected chi connectivity index (χ4v) is 8.03. The van der Waals surface area contributed by atoms with E-state index in [2.05, 4.69) is 144 Å². The maximum Gasteiger partial charge on any atom is 0.166 e. The molecule has 3 heterocycles. The van der Waals surface area contributed by atoms with Crippen LogP contribution in [0.25, 0.3) is 106 Å². The predicted octanol–water partition coefficient (Wildman–Crippen LogP) is 13.2. The van der Waals surface area contributed by atoms with Crippen LogP contribution in [0.3, 0.4) is 0 Å². The van der Waals surface area contributed by atoms with Gasteiger partial charge < -0.3 is 8.98 Å². The maximum absolute atomic E-state index is 6.68. The highest BCUT2D eigenvalue weighted by Crippen LogP contribution is 2.42. The van der Waals surface area contributed by atoms with E-state index in [9.17, 15) is 0 Å². The molecule has 56 heavy (non-hydrogen) atoms. The molecule has 0 saturated carbocycles. The van der Waals surface area contributed by atoms with Gasteiger partial charge in [0.2, 0.25) is 0 Å². The number of benzene rings is 8. The third kappa shape index (κ3) is 5.29. The van der Waals surface area contributed by atoms with E-state index in [1.807, 2.05) is 54.6 Å². The van der Waals surface area contributed by atoms with Gasteiger partial charge >= 0.3 is 0 Å². The third-order valence-corrected chi connectivity index (χ3v) is 10.6. The normalized spacial score (nSPS) is 11.6. The van der Waals surface area contributed by atoms with Gasteiger partial charge in [-0.1, -0.05) is 140 Å². The first-order valence-electron chi connectivity index (χ1n) is 18.8. The molecule has 0 aliphatic carbocycles. The van der Waals surface area contributed by atoms with Crippen LogP contribution in [0.4, 0.5) is 0 Å². The van der Waals surface area contributed by atoms with Crippen molar-refractivity contribution in [2.45, 2.75) is 0 Å². The van der Waals surface area contributed by atoms with Gasteiger partial charge in [0.05, 0.1) is 11.0 Å². The van der Waals surface area contributed by atoms with Gasteiger partial charge in [0, 0.05) is 49.5 Å². The van der Waals surface area contributed by atoms with Crippen molar-refractivity contribution >= 4 is 43.7 Å². The summed E-state index contributed by atoms with van der Waals surface area (Å²) in [5, 5.41) is 4.35. The lowest BCUT2D eigenvalue weighted by Gasteiger charge is -2.12. The van der Waals surface area contributed by atoms with E-state index in [0.29, 0.717) is 17.5 Å². The van der Waals surface area contributed by atoms with Gasteiger partial charge in [-0.3, -0.25) is 0 Å². The zero-order chi connectivity index (χ0) is 37.0. The molecule has 3 aromatic heterocycles. The molecule has 5 heteroatoms. The first-order chi connectivity index (χ1) is 27.8. The molecular formula is C51H32N4O. The molecule has 0 bridgehead atoms. The van der Waals surface area contributed by atoms with Crippen molar-refractivity contribution in [2.75, 3.05) is 0 Å². The Bertz CT molecular complexity index is 3230. The van der Waals surface area contributed by atoms with Crippen molar-refractivity contribution in [3.05, 3.63) is 194 Å². The molecule has 0 amide bonds. The van der Waals surface area contributed by atoms with E-state index in [-0.39, 0.29) is 0 Å². The number of aromatic nitrogens is 4. The summed E-state index contributed by atoms with van der Waals surface area (Å²) in [5.74, 6) is 1.81. The van der Waals surface area contributed by atoms with E-state index < -0.39 is 0 Å². The molecule has 0 fully saturated rings. The monoisotopic (exact) mass is 716 g/mol. The molecule has 262 valence electrons. The van der Waals surface area contributed by atoms with Gasteiger partial charge in [-0.2, -0.15) is 0 Å². The molecular weight excluding hydrogens is 685 g/mol. The van der Waals surface area contributed by atoms with Crippen LogP contribution < -0.4 is 0 Å². The summed E-state index contributed by atoms with van der Waals surface area (Å²) in [6.07, 6.45) is 0. The number of hydrogen-bond acceptors (Lipinski definition) is 4. The molecule has 0 radical (unpaired) electrons. The molecule has 0 N–H and O–H groups in total. The van der Waals surface area contributed by atoms with E-state index in [1.54, 1.807) is 0 Å². The topological polar surface area (TPSA) is 56.7 Å². The van der Waals surface area contributed by atoms with Crippen LogP contribution in [0, 0.1) is 0 Å². The summed E-state index contributed by atoms with van der Waals surface area (Å²) in [7, 11) is 0. The van der Waals surface area contributed by atoms with Crippen LogP contribution in [0.5, 0.6) is 0 Å². The summed E-state index contributed by atoms with van der Waals surface area (Å²) in [4.78, 5) is 15.6. The van der Waals surface area contributed by atoms with Crippen LogP contribution >= 0.6 is 0 Å². The number of nitrogens with zero attached hydrogens (tertiary/aromatic N) is 4. The number of hydrogen-bond donors (Lipinski definition) is 0. The largest absolute Gasteiger partial charge is 0.455 e. The summed E-state index contributed by atoms with van der Waals surface area (Å²) >= 11 is 0. The lowest BCUT2D eigenvalue weighted by molar-refractivity contribution is 0.670. The van der Waals surface area contributed by atoms with Crippen molar-refractivity contribution in [3.8, 4) is 62.1 Å². The quantitative estimate of drug-likeness (QED) is 0.172. The summed E-state index contributed by atoms with van der Waals surface area (Å²) in [6.45, 7) is 0. The standard InChI is InChI=1S/C51H32N4O/c1-5-16-33(17-6-1)37-31-42(34-18-7-2-8-19-34)48-44(32-37)43-30-36(28-29-46(43)56-48)50-52-49(35-20-9-3-10-21-35)53-51(54-50)41-26-15-25-40-39-24-13-14-27-45(39)55(47(40)41)38-22-11-4-12-23-38/h1-32H. The Balaban J connectivity index is 1.16. The molecule has 0 unspecified atom stereocenters. The zero-order valence-electron chi connectivity index (χ0n) is 30.2. The first kappa shape index (κ1) is 31.9. The number of para-hydroxylation sites is 3. The summed E-state index contributed by atoms with van der Waals surface area (Å²) in [6, 6.07) is 67.3. The highest BCUT2D eigenvalue weighted by atomic mass is 16.3. The fraction of sp³-hybridized carbons (Fsp3) is 0. The van der Waals surface area contributed by atoms with Gasteiger partial charge in [0.15, 0.2) is 17.5 Å². The van der Waals surface area contributed by atoms with Gasteiger partial charge in [-0.05, 0) is 71.3 Å². The lowest BCUT2D eigenvalue weighted by atomic mass is 9.95. The van der Waals surface area contributed by atoms with Crippen molar-refractivity contribution in [1.82, 2.24) is 19.5 Å². The molecule has 8 aromatic carbocycles. The second-order valence-electron chi connectivity index (χ2n) is 14.0. The van der Waals surface area contributed by atoms with Crippen molar-refractivity contribution in [3.63, 3.8) is 0 Å². The minimum atomic E-state index is 0.590. The van der Waals surface area contributed by atoms with Crippen molar-refractivity contribution < 1.29 is 4.42 Å². The molecule has 11 rings (SSSR count). The van der Waals surface area contributed by atoms with E-state index in [1.165, 1.54) is 5.39 Å². The van der Waals surface area contributed by atoms with Crippen LogP contribution in [-0.2, 0) is 0 Å². The molecule has 0 atom stereocenters. The summed E-state index contributed by atoms with van der Waals surface area (Å²) in [5.41, 5.74) is 12.1. The van der Waals surface area contributed by atoms with Crippen molar-refractivity contribution in [2.24, 2.45) is 0 Å². The number of fused-ring (bicyclic) bond motifs is 6. The second kappa shape index (κ2) is 13.0. The zero-order valence-corrected chi connectivity index (χ0v) is 30.2. The maximum atomic E-state index is 6.68. The van der Waals surface area contributed by atoms with Crippen LogP contribution in [-0.4, -0.2) is 19.5 Å². The van der Waals surface area contributed by atoms with Gasteiger partial charge in [-0.15, -0.1) is 0 Å². The van der Waals surface area contributed by atoms with E-state index in [0.717, 1.165) is 83.0 Å². The van der Waals surface area contributed by atoms with Crippen LogP contribution in [0.15, 0.2) is 199 Å². The minimum Gasteiger partial charge on any atom is -0.455 e. The molecule has 0 aliphatic heterocycles. The third-order valence-electron chi connectivity index (χ3n) is 10.6. The molecule has 0 aliphatic rings. The summed E-state index contributed by atoms with van der Waals surface area (Å²) < 4.78 is 9.01. The minimum absolute atomic E-state index is 0.590. The number of furan rings is 1. The highest BCUT2D eigenvalue weighted by Gasteiger charge is 2.21. The first-order valence-corrected chi connectivity index (χ1v) is 18.8. The second-order valence-corrected chi connectivity index (χ2v) is 14.0. The Morgan fingerprint density at radius 2 is 0.946 bits per heavy atom. The Morgan fingerprint density at radius 3 is 1.70 bits per heavy atom.